The number of hydrogen-bond acceptors (Lipinski definition) is 4. The summed E-state index contributed by atoms with van der Waals surface area (Å²) in [5, 5.41) is 12.2. The Balaban J connectivity index is 1.73. The zero-order valence-electron chi connectivity index (χ0n) is 13.3. The van der Waals surface area contributed by atoms with Crippen LogP contribution in [0.25, 0.3) is 0 Å². The van der Waals surface area contributed by atoms with Crippen molar-refractivity contribution in [3.63, 3.8) is 0 Å². The number of alkyl carbamates (subject to hydrolysis) is 1. The first-order valence-corrected chi connectivity index (χ1v) is 9.45. The molecule has 22 heavy (non-hydrogen) atoms. The number of ether oxygens (including phenoxy) is 1. The van der Waals surface area contributed by atoms with E-state index in [0.29, 0.717) is 38.5 Å². The molecule has 0 bridgehead atoms. The van der Waals surface area contributed by atoms with Crippen molar-refractivity contribution < 1.29 is 9.53 Å². The number of nitrogens with one attached hydrogen (secondary N) is 1. The molecule has 7 heteroatoms. The number of aromatic nitrogens is 2. The second-order valence-electron chi connectivity index (χ2n) is 6.76. The van der Waals surface area contributed by atoms with Crippen molar-refractivity contribution >= 4 is 32.2 Å². The molecule has 2 atom stereocenters. The second kappa shape index (κ2) is 6.56. The summed E-state index contributed by atoms with van der Waals surface area (Å²) in [6.07, 6.45) is 6.05. The summed E-state index contributed by atoms with van der Waals surface area (Å²) in [7, 11) is 0. The summed E-state index contributed by atoms with van der Waals surface area (Å²) in [6.45, 7) is 6.10. The van der Waals surface area contributed by atoms with Gasteiger partial charge >= 0.3 is 127 Å². The molecule has 116 valence electrons. The fourth-order valence-corrected chi connectivity index (χ4v) is 3.41. The summed E-state index contributed by atoms with van der Waals surface area (Å²) in [5.74, 6) is 0.345. The van der Waals surface area contributed by atoms with E-state index in [1.54, 1.807) is 6.33 Å². The van der Waals surface area contributed by atoms with Gasteiger partial charge in [-0.3, -0.25) is 0 Å². The molecule has 0 aromatic carbocycles. The zero-order valence-corrected chi connectivity index (χ0v) is 17.8. The number of nitrogens with zero attached hydrogens (tertiary/aromatic N) is 3. The third kappa shape index (κ3) is 4.21. The van der Waals surface area contributed by atoms with Gasteiger partial charge in [-0.15, -0.1) is 0 Å². The second-order valence-corrected chi connectivity index (χ2v) is 9.08. The van der Waals surface area contributed by atoms with E-state index in [2.05, 4.69) is 16.4 Å². The van der Waals surface area contributed by atoms with E-state index in [1.165, 1.54) is 0 Å². The molecule has 0 aliphatic heterocycles. The fourth-order valence-electron chi connectivity index (χ4n) is 2.61. The van der Waals surface area contributed by atoms with Gasteiger partial charge < -0.3 is 0 Å². The molecule has 6 nitrogen and oxygen atoms in total. The van der Waals surface area contributed by atoms with Crippen LogP contribution in [0, 0.1) is 17.2 Å². The number of rotatable bonds is 5. The molecule has 1 aliphatic carbocycles. The summed E-state index contributed by atoms with van der Waals surface area (Å²) >= 11 is 0.678. The van der Waals surface area contributed by atoms with Crippen molar-refractivity contribution in [1.82, 2.24) is 12.7 Å². The van der Waals surface area contributed by atoms with E-state index in [0.717, 1.165) is 25.0 Å². The molecule has 1 heterocycles. The number of hydrogen-bond donors (Lipinski definition) is 1. The van der Waals surface area contributed by atoms with Gasteiger partial charge in [-0.25, -0.2) is 0 Å². The van der Waals surface area contributed by atoms with Crippen LogP contribution in [0.3, 0.4) is 0 Å². The maximum atomic E-state index is 11.5. The molecule has 2 rings (SSSR count). The summed E-state index contributed by atoms with van der Waals surface area (Å²) in [6, 6.07) is 2.44. The Morgan fingerprint density at radius 1 is 1.68 bits per heavy atom. The van der Waals surface area contributed by atoms with Crippen LogP contribution in [-0.2, 0) is 10.2 Å². The number of nitriles is 1. The fraction of sp³-hybridized carbons (Fsp3) is 0.667. The normalized spacial score (nSPS) is 23.6. The molecular weight excluding hydrogens is 473 g/mol. The van der Waals surface area contributed by atoms with Crippen LogP contribution in [0.15, 0.2) is 12.5 Å². The maximum absolute atomic E-state index is 11.5. The minimum atomic E-state index is -0.473. The van der Waals surface area contributed by atoms with Crippen molar-refractivity contribution in [3.05, 3.63) is 18.2 Å². The van der Waals surface area contributed by atoms with Crippen molar-refractivity contribution in [2.45, 2.75) is 51.0 Å². The monoisotopic (exact) mass is 494 g/mol. The van der Waals surface area contributed by atoms with Crippen molar-refractivity contribution in [2.75, 3.05) is 6.54 Å². The molecule has 0 radical (unpaired) electrons. The SMILES string of the molecule is CC(C)(C)OC(=O)NCCCC1CC1(C#N)c1c[n]([Tl])cn1. The van der Waals surface area contributed by atoms with E-state index in [1.807, 2.05) is 29.3 Å². The Bertz CT molecular complexity index is 587. The number of amides is 1. The molecule has 1 aromatic rings. The van der Waals surface area contributed by atoms with E-state index in [4.69, 9.17) is 4.74 Å². The van der Waals surface area contributed by atoms with Crippen LogP contribution in [0.2, 0.25) is 0 Å². The van der Waals surface area contributed by atoms with Crippen molar-refractivity contribution in [1.29, 1.82) is 5.26 Å². The summed E-state index contributed by atoms with van der Waals surface area (Å²) < 4.78 is 7.22. The van der Waals surface area contributed by atoms with Crippen LogP contribution in [0.4, 0.5) is 4.79 Å². The van der Waals surface area contributed by atoms with Gasteiger partial charge in [-0.05, 0) is 20.8 Å². The Morgan fingerprint density at radius 3 is 2.95 bits per heavy atom. The number of imidazole rings is 1. The van der Waals surface area contributed by atoms with Gasteiger partial charge in [0.05, 0.1) is 0 Å². The minimum absolute atomic E-state index is 0.345. The molecule has 1 aliphatic rings. The molecule has 1 saturated carbocycles. The van der Waals surface area contributed by atoms with E-state index in [9.17, 15) is 10.1 Å². The third-order valence-electron chi connectivity index (χ3n) is 3.76. The quantitative estimate of drug-likeness (QED) is 0.502. The van der Waals surface area contributed by atoms with Crippen LogP contribution >= 0.6 is 0 Å². The number of carbonyl (C=O) groups is 1. The van der Waals surface area contributed by atoms with Crippen LogP contribution in [0.1, 0.15) is 45.7 Å². The average molecular weight is 494 g/mol. The molecular formula is C15H21N4O2Tl. The Morgan fingerprint density at radius 2 is 2.41 bits per heavy atom. The predicted octanol–water partition coefficient (Wildman–Crippen LogP) is 1.90. The molecule has 1 fully saturated rings. The van der Waals surface area contributed by atoms with Gasteiger partial charge in [0.1, 0.15) is 0 Å². The van der Waals surface area contributed by atoms with Gasteiger partial charge in [0.2, 0.25) is 0 Å². The third-order valence-corrected chi connectivity index (χ3v) is 4.86. The summed E-state index contributed by atoms with van der Waals surface area (Å²) in [5.41, 5.74) is 0.0357. The first-order valence-electron chi connectivity index (χ1n) is 7.44. The van der Waals surface area contributed by atoms with Crippen LogP contribution in [-0.4, -0.2) is 51.7 Å². The Kier molecular flexibility index (Phi) is 5.15. The van der Waals surface area contributed by atoms with E-state index in [-0.39, 0.29) is 6.09 Å². The Labute approximate surface area is 147 Å². The molecule has 2 unspecified atom stereocenters. The van der Waals surface area contributed by atoms with Gasteiger partial charge in [0, 0.05) is 0 Å². The first-order chi connectivity index (χ1) is 10.3. The van der Waals surface area contributed by atoms with Crippen molar-refractivity contribution in [3.8, 4) is 6.07 Å². The topological polar surface area (TPSA) is 79.9 Å². The van der Waals surface area contributed by atoms with Crippen molar-refractivity contribution in [2.24, 2.45) is 5.92 Å². The molecule has 0 saturated heterocycles. The van der Waals surface area contributed by atoms with Gasteiger partial charge in [-0.1, -0.05) is 0 Å². The standard InChI is InChI=1S/C15H22N4O2.Tl/c1-14(2,3)21-13(20)18-6-4-5-11-7-15(11,9-16)12-8-17-10-19-12;/h8,10-11H,4-7H2,1-3H3,(H2,17,18,19,20);/q;+1/p-1. The van der Waals surface area contributed by atoms with Gasteiger partial charge in [0.25, 0.3) is 0 Å². The Hall–Kier alpha value is -1.11. The van der Waals surface area contributed by atoms with Gasteiger partial charge in [0.15, 0.2) is 0 Å². The first kappa shape index (κ1) is 17.2. The molecule has 1 amide bonds. The number of carbonyl (C=O) groups excluding carboxylic acids is 1. The van der Waals surface area contributed by atoms with Crippen LogP contribution < -0.4 is 5.32 Å². The average Bonchev–Trinajstić information content (AvgIpc) is 2.96. The van der Waals surface area contributed by atoms with Crippen LogP contribution in [0.5, 0.6) is 0 Å². The van der Waals surface area contributed by atoms with E-state index >= 15 is 0 Å². The molecule has 1 aromatic heterocycles. The zero-order chi connectivity index (χ0) is 16.4. The summed E-state index contributed by atoms with van der Waals surface area (Å²) in [4.78, 5) is 15.9. The molecule has 1 N–H and O–H groups in total. The predicted molar refractivity (Wildman–Crippen MR) is 82.2 cm³/mol. The van der Waals surface area contributed by atoms with E-state index < -0.39 is 11.0 Å². The van der Waals surface area contributed by atoms with Gasteiger partial charge in [-0.2, -0.15) is 0 Å². The molecule has 0 spiro atoms.